The Morgan fingerprint density at radius 2 is 1.95 bits per heavy atom. The van der Waals surface area contributed by atoms with Crippen molar-refractivity contribution in [2.24, 2.45) is 0 Å². The molecule has 4 nitrogen and oxygen atoms in total. The van der Waals surface area contributed by atoms with Crippen LogP contribution in [0.15, 0.2) is 42.5 Å². The van der Waals surface area contributed by atoms with Gasteiger partial charge in [0.2, 0.25) is 0 Å². The van der Waals surface area contributed by atoms with E-state index in [2.05, 4.69) is 5.32 Å². The Morgan fingerprint density at radius 1 is 1.27 bits per heavy atom. The van der Waals surface area contributed by atoms with Gasteiger partial charge in [-0.1, -0.05) is 24.6 Å². The van der Waals surface area contributed by atoms with Crippen LogP contribution in [0.4, 0.5) is 15.8 Å². The molecule has 0 aliphatic carbocycles. The molecule has 1 amide bonds. The van der Waals surface area contributed by atoms with Gasteiger partial charge in [-0.2, -0.15) is 0 Å². The Hall–Kier alpha value is -2.56. The molecule has 0 spiro atoms. The molecule has 0 saturated heterocycles. The Morgan fingerprint density at radius 3 is 2.59 bits per heavy atom. The Bertz CT molecular complexity index is 656. The number of benzene rings is 2. The predicted molar refractivity (Wildman–Crippen MR) is 85.3 cm³/mol. The van der Waals surface area contributed by atoms with Crippen LogP contribution in [-0.4, -0.2) is 12.0 Å². The Kier molecular flexibility index (Phi) is 4.99. The number of hydrogen-bond acceptors (Lipinski definition) is 3. The van der Waals surface area contributed by atoms with Crippen LogP contribution in [0.5, 0.6) is 5.75 Å². The second-order valence-corrected chi connectivity index (χ2v) is 5.06. The number of carbonyl (C=O) groups is 1. The molecule has 2 aromatic carbocycles. The van der Waals surface area contributed by atoms with Crippen molar-refractivity contribution in [2.75, 3.05) is 11.1 Å². The third kappa shape index (κ3) is 3.97. The first-order valence-corrected chi connectivity index (χ1v) is 7.09. The molecule has 2 rings (SSSR count). The van der Waals surface area contributed by atoms with Gasteiger partial charge in [-0.05, 0) is 43.7 Å². The van der Waals surface area contributed by atoms with Gasteiger partial charge in [-0.25, -0.2) is 4.39 Å². The first kappa shape index (κ1) is 15.8. The van der Waals surface area contributed by atoms with Gasteiger partial charge in [0.05, 0.1) is 5.69 Å². The van der Waals surface area contributed by atoms with Gasteiger partial charge in [0.15, 0.2) is 6.10 Å². The van der Waals surface area contributed by atoms with Gasteiger partial charge in [-0.15, -0.1) is 0 Å². The lowest BCUT2D eigenvalue weighted by molar-refractivity contribution is -0.122. The highest BCUT2D eigenvalue weighted by atomic mass is 19.1. The lowest BCUT2D eigenvalue weighted by Gasteiger charge is -2.17. The summed E-state index contributed by atoms with van der Waals surface area (Å²) >= 11 is 0. The number of anilines is 2. The van der Waals surface area contributed by atoms with E-state index < -0.39 is 17.8 Å². The average molecular weight is 302 g/mol. The number of hydrogen-bond donors (Lipinski definition) is 2. The van der Waals surface area contributed by atoms with Crippen molar-refractivity contribution in [3.63, 3.8) is 0 Å². The van der Waals surface area contributed by atoms with E-state index in [1.165, 1.54) is 18.2 Å². The van der Waals surface area contributed by atoms with E-state index in [0.29, 0.717) is 17.9 Å². The van der Waals surface area contributed by atoms with E-state index in [1.54, 1.807) is 12.1 Å². The summed E-state index contributed by atoms with van der Waals surface area (Å²) in [7, 11) is 0. The maximum atomic E-state index is 13.7. The molecule has 0 aromatic heterocycles. The quantitative estimate of drug-likeness (QED) is 0.831. The molecule has 116 valence electrons. The van der Waals surface area contributed by atoms with Crippen molar-refractivity contribution in [1.82, 2.24) is 0 Å². The topological polar surface area (TPSA) is 64.3 Å². The van der Waals surface area contributed by atoms with E-state index in [4.69, 9.17) is 10.5 Å². The molecule has 1 atom stereocenters. The average Bonchev–Trinajstić information content (AvgIpc) is 2.50. The zero-order valence-electron chi connectivity index (χ0n) is 12.6. The third-order valence-corrected chi connectivity index (χ3v) is 3.21. The summed E-state index contributed by atoms with van der Waals surface area (Å²) in [5, 5.41) is 2.51. The molecular weight excluding hydrogens is 283 g/mol. The normalized spacial score (nSPS) is 11.8. The second kappa shape index (κ2) is 6.93. The number of amides is 1. The number of nitrogens with two attached hydrogens (primary N) is 1. The molecule has 3 N–H and O–H groups in total. The molecule has 5 heteroatoms. The minimum absolute atomic E-state index is 0.0518. The summed E-state index contributed by atoms with van der Waals surface area (Å²) < 4.78 is 19.3. The summed E-state index contributed by atoms with van der Waals surface area (Å²) in [5.41, 5.74) is 7.13. The highest BCUT2D eigenvalue weighted by molar-refractivity contribution is 5.94. The number of nitrogen functional groups attached to an aromatic ring is 1. The SMILES string of the molecule is CCC(Oc1ccc(C)cc1)C(=O)Nc1cc(N)ccc1F. The number of carbonyl (C=O) groups excluding carboxylic acids is 1. The minimum atomic E-state index is -0.705. The first-order valence-electron chi connectivity index (χ1n) is 7.09. The van der Waals surface area contributed by atoms with Gasteiger partial charge in [0.25, 0.3) is 5.91 Å². The van der Waals surface area contributed by atoms with Crippen molar-refractivity contribution >= 4 is 17.3 Å². The number of halogens is 1. The summed E-state index contributed by atoms with van der Waals surface area (Å²) in [4.78, 5) is 12.2. The third-order valence-electron chi connectivity index (χ3n) is 3.21. The zero-order chi connectivity index (χ0) is 16.1. The highest BCUT2D eigenvalue weighted by Crippen LogP contribution is 2.19. The van der Waals surface area contributed by atoms with Crippen molar-refractivity contribution in [1.29, 1.82) is 0 Å². The van der Waals surface area contributed by atoms with Crippen LogP contribution < -0.4 is 15.8 Å². The summed E-state index contributed by atoms with van der Waals surface area (Å²) in [6.07, 6.45) is -0.243. The van der Waals surface area contributed by atoms with Crippen molar-refractivity contribution < 1.29 is 13.9 Å². The monoisotopic (exact) mass is 302 g/mol. The van der Waals surface area contributed by atoms with E-state index in [-0.39, 0.29) is 5.69 Å². The van der Waals surface area contributed by atoms with Gasteiger partial charge in [-0.3, -0.25) is 4.79 Å². The predicted octanol–water partition coefficient (Wildman–Crippen LogP) is 3.51. The fourth-order valence-corrected chi connectivity index (χ4v) is 1.96. The molecule has 0 radical (unpaired) electrons. The molecule has 1 unspecified atom stereocenters. The summed E-state index contributed by atoms with van der Waals surface area (Å²) in [6.45, 7) is 3.80. The van der Waals surface area contributed by atoms with Gasteiger partial charge >= 0.3 is 0 Å². The minimum Gasteiger partial charge on any atom is -0.481 e. The van der Waals surface area contributed by atoms with Crippen molar-refractivity contribution in [3.05, 3.63) is 53.8 Å². The zero-order valence-corrected chi connectivity index (χ0v) is 12.6. The van der Waals surface area contributed by atoms with Crippen molar-refractivity contribution in [3.8, 4) is 5.75 Å². The van der Waals surface area contributed by atoms with Crippen LogP contribution in [0, 0.1) is 12.7 Å². The van der Waals surface area contributed by atoms with E-state index in [9.17, 15) is 9.18 Å². The summed E-state index contributed by atoms with van der Waals surface area (Å²) in [6, 6.07) is 11.4. The van der Waals surface area contributed by atoms with E-state index in [0.717, 1.165) is 5.56 Å². The maximum Gasteiger partial charge on any atom is 0.265 e. The van der Waals surface area contributed by atoms with Gasteiger partial charge < -0.3 is 15.8 Å². The second-order valence-electron chi connectivity index (χ2n) is 5.06. The molecule has 0 saturated carbocycles. The fraction of sp³-hybridized carbons (Fsp3) is 0.235. The summed E-state index contributed by atoms with van der Waals surface area (Å²) in [5.74, 6) is -0.346. The van der Waals surface area contributed by atoms with Crippen LogP contribution in [0.2, 0.25) is 0 Å². The molecule has 0 aliphatic rings. The molecule has 0 fully saturated rings. The molecule has 0 aliphatic heterocycles. The highest BCUT2D eigenvalue weighted by Gasteiger charge is 2.19. The van der Waals surface area contributed by atoms with Crippen LogP contribution in [0.3, 0.4) is 0 Å². The fourth-order valence-electron chi connectivity index (χ4n) is 1.96. The molecular formula is C17H19FN2O2. The molecule has 22 heavy (non-hydrogen) atoms. The smallest absolute Gasteiger partial charge is 0.265 e. The number of aryl methyl sites for hydroxylation is 1. The molecule has 2 aromatic rings. The largest absolute Gasteiger partial charge is 0.481 e. The first-order chi connectivity index (χ1) is 10.5. The number of ether oxygens (including phenoxy) is 1. The standard InChI is InChI=1S/C17H19FN2O2/c1-3-16(22-13-7-4-11(2)5-8-13)17(21)20-15-10-12(19)6-9-14(15)18/h4-10,16H,3,19H2,1-2H3,(H,20,21). The van der Waals surface area contributed by atoms with Gasteiger partial charge in [0, 0.05) is 5.69 Å². The van der Waals surface area contributed by atoms with Crippen molar-refractivity contribution in [2.45, 2.75) is 26.4 Å². The number of nitrogens with one attached hydrogen (secondary N) is 1. The number of rotatable bonds is 5. The van der Waals surface area contributed by atoms with Crippen LogP contribution in [-0.2, 0) is 4.79 Å². The lowest BCUT2D eigenvalue weighted by Crippen LogP contribution is -2.32. The van der Waals surface area contributed by atoms with E-state index >= 15 is 0 Å². The molecule has 0 bridgehead atoms. The van der Waals surface area contributed by atoms with Crippen LogP contribution in [0.1, 0.15) is 18.9 Å². The molecule has 0 heterocycles. The van der Waals surface area contributed by atoms with Crippen LogP contribution in [0.25, 0.3) is 0 Å². The lowest BCUT2D eigenvalue weighted by atomic mass is 10.2. The Labute approximate surface area is 129 Å². The Balaban J connectivity index is 2.08. The van der Waals surface area contributed by atoms with E-state index in [1.807, 2.05) is 26.0 Å². The maximum absolute atomic E-state index is 13.7. The van der Waals surface area contributed by atoms with Crippen LogP contribution >= 0.6 is 0 Å². The van der Waals surface area contributed by atoms with Gasteiger partial charge in [0.1, 0.15) is 11.6 Å².